The maximum atomic E-state index is 12.0. The molecule has 0 aliphatic carbocycles. The quantitative estimate of drug-likeness (QED) is 0.673. The molecule has 0 aromatic carbocycles. The Balaban J connectivity index is 2.31. The van der Waals surface area contributed by atoms with Crippen molar-refractivity contribution in [2.45, 2.75) is 20.3 Å². The predicted molar refractivity (Wildman–Crippen MR) is 73.5 cm³/mol. The van der Waals surface area contributed by atoms with Gasteiger partial charge in [-0.15, -0.1) is 0 Å². The Morgan fingerprint density at radius 2 is 2.37 bits per heavy atom. The molecule has 1 N–H and O–H groups in total. The van der Waals surface area contributed by atoms with Gasteiger partial charge in [-0.2, -0.15) is 5.10 Å². The first-order chi connectivity index (χ1) is 9.08. The van der Waals surface area contributed by atoms with Crippen LogP contribution in [0.4, 0.5) is 5.82 Å². The molecule has 1 aromatic heterocycles. The molecule has 1 atom stereocenters. The van der Waals surface area contributed by atoms with E-state index in [1.807, 2.05) is 0 Å². The number of hydrogen-bond donors (Lipinski definition) is 1. The van der Waals surface area contributed by atoms with Gasteiger partial charge in [0.1, 0.15) is 5.56 Å². The molecule has 0 radical (unpaired) electrons. The Bertz CT molecular complexity index is 500. The average Bonchev–Trinajstić information content (AvgIpc) is 2.92. The van der Waals surface area contributed by atoms with Crippen LogP contribution in [-0.2, 0) is 9.53 Å². The van der Waals surface area contributed by atoms with E-state index < -0.39 is 5.97 Å². The molecule has 2 rings (SSSR count). The van der Waals surface area contributed by atoms with E-state index in [1.165, 1.54) is 0 Å². The number of aryl methyl sites for hydroxylation is 1. The van der Waals surface area contributed by atoms with E-state index in [1.54, 1.807) is 18.7 Å². The molecule has 104 valence electrons. The molecular formula is C12H16BrN3O3. The summed E-state index contributed by atoms with van der Waals surface area (Å²) in [6.45, 7) is 4.35. The number of aromatic amines is 1. The molecule has 1 aromatic rings. The highest BCUT2D eigenvalue weighted by atomic mass is 79.9. The molecule has 1 unspecified atom stereocenters. The molecule has 19 heavy (non-hydrogen) atoms. The fraction of sp³-hybridized carbons (Fsp3) is 0.583. The number of ether oxygens (including phenoxy) is 1. The van der Waals surface area contributed by atoms with Crippen LogP contribution in [0.15, 0.2) is 0 Å². The summed E-state index contributed by atoms with van der Waals surface area (Å²) in [6.07, 6.45) is 0.472. The average molecular weight is 330 g/mol. The summed E-state index contributed by atoms with van der Waals surface area (Å²) in [7, 11) is 0. The summed E-state index contributed by atoms with van der Waals surface area (Å²) >= 11 is 3.38. The van der Waals surface area contributed by atoms with Crippen LogP contribution < -0.4 is 4.90 Å². The summed E-state index contributed by atoms with van der Waals surface area (Å²) in [5.41, 5.74) is 0.967. The van der Waals surface area contributed by atoms with E-state index in [-0.39, 0.29) is 11.8 Å². The lowest BCUT2D eigenvalue weighted by Crippen LogP contribution is -2.27. The first-order valence-electron chi connectivity index (χ1n) is 6.16. The second kappa shape index (κ2) is 5.73. The van der Waals surface area contributed by atoms with Gasteiger partial charge in [-0.1, -0.05) is 15.9 Å². The molecule has 0 spiro atoms. The molecule has 7 heteroatoms. The topological polar surface area (TPSA) is 75.3 Å². The van der Waals surface area contributed by atoms with E-state index >= 15 is 0 Å². The molecule has 1 saturated heterocycles. The number of H-pyrrole nitrogens is 1. The number of rotatable bonds is 4. The third-order valence-electron chi connectivity index (χ3n) is 3.09. The van der Waals surface area contributed by atoms with Crippen LogP contribution in [0.25, 0.3) is 0 Å². The van der Waals surface area contributed by atoms with Crippen molar-refractivity contribution in [3.05, 3.63) is 11.3 Å². The maximum Gasteiger partial charge on any atom is 0.343 e. The molecule has 0 bridgehead atoms. The van der Waals surface area contributed by atoms with Crippen LogP contribution >= 0.6 is 15.9 Å². The lowest BCUT2D eigenvalue weighted by atomic mass is 10.2. The number of aromatic nitrogens is 2. The highest BCUT2D eigenvalue weighted by molar-refractivity contribution is 9.09. The van der Waals surface area contributed by atoms with Gasteiger partial charge in [-0.25, -0.2) is 4.79 Å². The van der Waals surface area contributed by atoms with Crippen molar-refractivity contribution in [2.24, 2.45) is 5.92 Å². The second-order valence-electron chi connectivity index (χ2n) is 4.50. The molecule has 1 aliphatic heterocycles. The van der Waals surface area contributed by atoms with Crippen LogP contribution in [0.1, 0.15) is 29.4 Å². The summed E-state index contributed by atoms with van der Waals surface area (Å²) in [5.74, 6) is 0.171. The number of carbonyl (C=O) groups is 2. The minimum absolute atomic E-state index is 0.0125. The van der Waals surface area contributed by atoms with Gasteiger partial charge in [-0.3, -0.25) is 14.8 Å². The number of halogens is 1. The highest BCUT2D eigenvalue weighted by Gasteiger charge is 2.34. The van der Waals surface area contributed by atoms with Crippen molar-refractivity contribution < 1.29 is 14.3 Å². The standard InChI is InChI=1S/C12H16BrN3O3/c1-3-19-12(18)10-7(2)14-15-11(10)16-6-8(5-13)4-9(16)17/h8H,3-6H2,1-2H3,(H,14,15). The zero-order valence-electron chi connectivity index (χ0n) is 10.9. The van der Waals surface area contributed by atoms with Crippen molar-refractivity contribution >= 4 is 33.6 Å². The molecule has 2 heterocycles. The fourth-order valence-corrected chi connectivity index (χ4v) is 2.58. The molecular weight excluding hydrogens is 314 g/mol. The molecule has 0 saturated carbocycles. The Morgan fingerprint density at radius 3 is 2.95 bits per heavy atom. The number of carbonyl (C=O) groups excluding carboxylic acids is 2. The Kier molecular flexibility index (Phi) is 4.24. The smallest absolute Gasteiger partial charge is 0.343 e. The van der Waals surface area contributed by atoms with Crippen LogP contribution in [0.2, 0.25) is 0 Å². The zero-order valence-corrected chi connectivity index (χ0v) is 12.5. The van der Waals surface area contributed by atoms with Crippen LogP contribution in [-0.4, -0.2) is 40.6 Å². The van der Waals surface area contributed by atoms with Gasteiger partial charge < -0.3 is 4.74 Å². The Hall–Kier alpha value is -1.37. The minimum Gasteiger partial charge on any atom is -0.462 e. The molecule has 1 aliphatic rings. The van der Waals surface area contributed by atoms with E-state index in [4.69, 9.17) is 4.74 Å². The number of alkyl halides is 1. The van der Waals surface area contributed by atoms with E-state index in [2.05, 4.69) is 26.1 Å². The van der Waals surface area contributed by atoms with Gasteiger partial charge >= 0.3 is 5.97 Å². The van der Waals surface area contributed by atoms with E-state index in [0.29, 0.717) is 36.6 Å². The maximum absolute atomic E-state index is 12.0. The predicted octanol–water partition coefficient (Wildman–Crippen LogP) is 1.64. The van der Waals surface area contributed by atoms with Crippen LogP contribution in [0.3, 0.4) is 0 Å². The lowest BCUT2D eigenvalue weighted by molar-refractivity contribution is -0.117. The van der Waals surface area contributed by atoms with Gasteiger partial charge in [0.25, 0.3) is 0 Å². The van der Waals surface area contributed by atoms with Crippen molar-refractivity contribution in [3.8, 4) is 0 Å². The number of hydrogen-bond acceptors (Lipinski definition) is 4. The molecule has 6 nitrogen and oxygen atoms in total. The SMILES string of the molecule is CCOC(=O)c1c(N2CC(CBr)CC2=O)n[nH]c1C. The zero-order chi connectivity index (χ0) is 14.0. The third kappa shape index (κ3) is 2.65. The molecule has 1 fully saturated rings. The van der Waals surface area contributed by atoms with Gasteiger partial charge in [0.2, 0.25) is 5.91 Å². The number of amides is 1. The van der Waals surface area contributed by atoms with Crippen LogP contribution in [0, 0.1) is 12.8 Å². The third-order valence-corrected chi connectivity index (χ3v) is 4.00. The first kappa shape index (κ1) is 14.0. The normalized spacial score (nSPS) is 19.0. The highest BCUT2D eigenvalue weighted by Crippen LogP contribution is 2.29. The van der Waals surface area contributed by atoms with E-state index in [9.17, 15) is 9.59 Å². The van der Waals surface area contributed by atoms with Gasteiger partial charge in [0.05, 0.1) is 6.61 Å². The van der Waals surface area contributed by atoms with Gasteiger partial charge in [-0.05, 0) is 19.8 Å². The van der Waals surface area contributed by atoms with Crippen molar-refractivity contribution in [1.29, 1.82) is 0 Å². The number of nitrogens with one attached hydrogen (secondary N) is 1. The number of anilines is 1. The summed E-state index contributed by atoms with van der Waals surface area (Å²) in [5, 5.41) is 7.59. The van der Waals surface area contributed by atoms with Gasteiger partial charge in [0.15, 0.2) is 5.82 Å². The first-order valence-corrected chi connectivity index (χ1v) is 7.29. The second-order valence-corrected chi connectivity index (χ2v) is 5.14. The summed E-state index contributed by atoms with van der Waals surface area (Å²) < 4.78 is 5.01. The van der Waals surface area contributed by atoms with Crippen LogP contribution in [0.5, 0.6) is 0 Å². The summed E-state index contributed by atoms with van der Waals surface area (Å²) in [6, 6.07) is 0. The largest absolute Gasteiger partial charge is 0.462 e. The van der Waals surface area contributed by atoms with Gasteiger partial charge in [0, 0.05) is 24.0 Å². The molecule has 1 amide bonds. The number of nitrogens with zero attached hydrogens (tertiary/aromatic N) is 2. The number of esters is 1. The monoisotopic (exact) mass is 329 g/mol. The van der Waals surface area contributed by atoms with Crippen molar-refractivity contribution in [3.63, 3.8) is 0 Å². The Morgan fingerprint density at radius 1 is 1.63 bits per heavy atom. The minimum atomic E-state index is -0.446. The van der Waals surface area contributed by atoms with Crippen molar-refractivity contribution in [1.82, 2.24) is 10.2 Å². The fourth-order valence-electron chi connectivity index (χ4n) is 2.15. The lowest BCUT2D eigenvalue weighted by Gasteiger charge is -2.14. The summed E-state index contributed by atoms with van der Waals surface area (Å²) in [4.78, 5) is 25.5. The van der Waals surface area contributed by atoms with Crippen molar-refractivity contribution in [2.75, 3.05) is 23.4 Å². The Labute approximate surface area is 119 Å². The van der Waals surface area contributed by atoms with E-state index in [0.717, 1.165) is 5.33 Å².